The topological polar surface area (TPSA) is 83.8 Å². The molecule has 202 valence electrons. The number of carboxylic acids is 1. The fourth-order valence-corrected chi connectivity index (χ4v) is 11.9. The summed E-state index contributed by atoms with van der Waals surface area (Å²) in [4.78, 5) is 26.1. The molecule has 0 saturated heterocycles. The zero-order chi connectivity index (χ0) is 26.6. The van der Waals surface area contributed by atoms with Crippen molar-refractivity contribution >= 4 is 11.9 Å². The van der Waals surface area contributed by atoms with E-state index in [1.807, 2.05) is 0 Å². The van der Waals surface area contributed by atoms with Crippen molar-refractivity contribution in [1.29, 1.82) is 0 Å². The average molecular weight is 501 g/mol. The minimum absolute atomic E-state index is 0.0100. The Labute approximate surface area is 217 Å². The Morgan fingerprint density at radius 3 is 2.14 bits per heavy atom. The molecule has 5 aliphatic rings. The monoisotopic (exact) mass is 500 g/mol. The molecule has 0 heterocycles. The molecule has 0 amide bonds. The van der Waals surface area contributed by atoms with Crippen LogP contribution in [0.1, 0.15) is 92.9 Å². The lowest BCUT2D eigenvalue weighted by Gasteiger charge is -2.70. The van der Waals surface area contributed by atoms with Crippen molar-refractivity contribution in [2.75, 3.05) is 7.11 Å². The van der Waals surface area contributed by atoms with Crippen LogP contribution in [0.15, 0.2) is 12.2 Å². The maximum Gasteiger partial charge on any atom is 0.311 e. The van der Waals surface area contributed by atoms with Crippen LogP contribution >= 0.6 is 0 Å². The molecular formula is C31H48O5. The van der Waals surface area contributed by atoms with Crippen molar-refractivity contribution in [3.05, 3.63) is 12.2 Å². The molecule has 0 aliphatic heterocycles. The smallest absolute Gasteiger partial charge is 0.311 e. The van der Waals surface area contributed by atoms with Crippen LogP contribution in [0.5, 0.6) is 0 Å². The van der Waals surface area contributed by atoms with Crippen molar-refractivity contribution in [3.8, 4) is 0 Å². The van der Waals surface area contributed by atoms with Crippen molar-refractivity contribution < 1.29 is 24.5 Å². The van der Waals surface area contributed by atoms with Gasteiger partial charge in [-0.3, -0.25) is 9.59 Å². The number of rotatable bonds is 3. The summed E-state index contributed by atoms with van der Waals surface area (Å²) >= 11 is 0. The van der Waals surface area contributed by atoms with Crippen LogP contribution in [-0.2, 0) is 14.3 Å². The van der Waals surface area contributed by atoms with Crippen LogP contribution in [0.2, 0.25) is 0 Å². The number of esters is 1. The van der Waals surface area contributed by atoms with Gasteiger partial charge in [-0.15, -0.1) is 0 Å². The summed E-state index contributed by atoms with van der Waals surface area (Å²) in [6.07, 6.45) is 6.67. The van der Waals surface area contributed by atoms with E-state index in [1.165, 1.54) is 7.11 Å². The Bertz CT molecular complexity index is 985. The number of methoxy groups -OCH3 is 1. The van der Waals surface area contributed by atoms with Crippen LogP contribution in [0.3, 0.4) is 0 Å². The molecule has 0 spiro atoms. The van der Waals surface area contributed by atoms with E-state index < -0.39 is 23.4 Å². The summed E-state index contributed by atoms with van der Waals surface area (Å²) in [5, 5.41) is 22.1. The fraction of sp³-hybridized carbons (Fsp3) is 0.871. The molecular weight excluding hydrogens is 452 g/mol. The predicted octanol–water partition coefficient (Wildman–Crippen LogP) is 6.10. The van der Waals surface area contributed by atoms with Gasteiger partial charge in [0.1, 0.15) is 0 Å². The number of ether oxygens (including phenoxy) is 1. The van der Waals surface area contributed by atoms with Gasteiger partial charge in [-0.2, -0.15) is 0 Å². The number of aliphatic carboxylic acids is 1. The Kier molecular flexibility index (Phi) is 5.71. The number of hydrogen-bond donors (Lipinski definition) is 2. The molecule has 5 nitrogen and oxygen atoms in total. The van der Waals surface area contributed by atoms with E-state index in [2.05, 4.69) is 48.1 Å². The van der Waals surface area contributed by atoms with E-state index in [0.717, 1.165) is 56.9 Å². The first-order valence-corrected chi connectivity index (χ1v) is 14.3. The van der Waals surface area contributed by atoms with Crippen molar-refractivity contribution in [2.45, 2.75) is 99.0 Å². The SMILES string of the molecule is C=C(C)[C@@H]1CC[C@]2(C(=O)O)CC[C@]3(C)[C@H](CC[C@@H]4[C@@]5(C)[C@@H](C(=O)OC)[C@H](O)C(C)(C)[C@@H]5CC[C@]43C)[C@@H]12. The normalized spacial score (nSPS) is 52.9. The van der Waals surface area contributed by atoms with Gasteiger partial charge in [-0.1, -0.05) is 46.8 Å². The molecule has 0 aromatic heterocycles. The van der Waals surface area contributed by atoms with Crippen molar-refractivity contribution in [2.24, 2.45) is 62.6 Å². The lowest BCUT2D eigenvalue weighted by molar-refractivity contribution is -0.228. The lowest BCUT2D eigenvalue weighted by Crippen LogP contribution is -2.65. The third-order valence-electron chi connectivity index (χ3n) is 13.8. The number of allylic oxidation sites excluding steroid dienone is 1. The van der Waals surface area contributed by atoms with Gasteiger partial charge in [0.2, 0.25) is 0 Å². The number of carbonyl (C=O) groups excluding carboxylic acids is 1. The molecule has 2 N–H and O–H groups in total. The fourth-order valence-electron chi connectivity index (χ4n) is 11.9. The largest absolute Gasteiger partial charge is 0.481 e. The first-order chi connectivity index (χ1) is 16.6. The summed E-state index contributed by atoms with van der Waals surface area (Å²) in [6.45, 7) is 17.9. The number of carbonyl (C=O) groups is 2. The molecule has 5 fully saturated rings. The molecule has 0 radical (unpaired) electrons. The van der Waals surface area contributed by atoms with Crippen molar-refractivity contribution in [3.63, 3.8) is 0 Å². The quantitative estimate of drug-likeness (QED) is 0.361. The van der Waals surface area contributed by atoms with Gasteiger partial charge >= 0.3 is 11.9 Å². The highest BCUT2D eigenvalue weighted by atomic mass is 16.5. The number of aliphatic hydroxyl groups excluding tert-OH is 1. The third-order valence-corrected chi connectivity index (χ3v) is 13.8. The zero-order valence-corrected chi connectivity index (χ0v) is 23.5. The minimum Gasteiger partial charge on any atom is -0.481 e. The Morgan fingerprint density at radius 1 is 0.889 bits per heavy atom. The predicted molar refractivity (Wildman–Crippen MR) is 139 cm³/mol. The molecule has 0 bridgehead atoms. The van der Waals surface area contributed by atoms with Crippen LogP contribution in [0.25, 0.3) is 0 Å². The molecule has 5 aliphatic carbocycles. The number of fused-ring (bicyclic) bond motifs is 7. The minimum atomic E-state index is -0.721. The lowest BCUT2D eigenvalue weighted by atomic mass is 9.34. The van der Waals surface area contributed by atoms with E-state index in [9.17, 15) is 19.8 Å². The van der Waals surface area contributed by atoms with Gasteiger partial charge < -0.3 is 14.9 Å². The van der Waals surface area contributed by atoms with E-state index in [1.54, 1.807) is 0 Å². The van der Waals surface area contributed by atoms with Gasteiger partial charge in [0.25, 0.3) is 0 Å². The second kappa shape index (κ2) is 7.83. The zero-order valence-electron chi connectivity index (χ0n) is 23.5. The number of carboxylic acid groups (broad SMARTS) is 1. The molecule has 5 rings (SSSR count). The highest BCUT2D eigenvalue weighted by molar-refractivity contribution is 5.76. The maximum absolute atomic E-state index is 13.2. The van der Waals surface area contributed by atoms with Gasteiger partial charge in [0.05, 0.1) is 24.5 Å². The summed E-state index contributed by atoms with van der Waals surface area (Å²) in [6, 6.07) is 0. The van der Waals surface area contributed by atoms with Crippen molar-refractivity contribution in [1.82, 2.24) is 0 Å². The second-order valence-corrected chi connectivity index (χ2v) is 14.8. The summed E-state index contributed by atoms with van der Waals surface area (Å²) in [5.41, 5.74) is -0.222. The van der Waals surface area contributed by atoms with Crippen LogP contribution < -0.4 is 0 Å². The Hall–Kier alpha value is -1.36. The third kappa shape index (κ3) is 2.82. The average Bonchev–Trinajstić information content (AvgIpc) is 3.27. The molecule has 0 aromatic rings. The molecule has 5 saturated carbocycles. The van der Waals surface area contributed by atoms with E-state index in [-0.39, 0.29) is 51.3 Å². The standard InChI is InChI=1S/C31H48O5/c1-17(2)18-11-14-31(26(34)35)16-15-28(5)19(22(18)31)9-10-21-29(28,6)13-12-20-27(3,4)24(32)23(25(33)36-8)30(20,21)7/h18-24,32H,1,9-16H2,2-8H3,(H,34,35)/t18-,19+,20-,21-,22+,23+,24-,28+,29+,30-,31-/m0/s1. The Morgan fingerprint density at radius 2 is 1.56 bits per heavy atom. The highest BCUT2D eigenvalue weighted by Gasteiger charge is 2.76. The van der Waals surface area contributed by atoms with E-state index in [0.29, 0.717) is 5.92 Å². The summed E-state index contributed by atoms with van der Waals surface area (Å²) in [5.74, 6) is -0.125. The first kappa shape index (κ1) is 26.3. The molecule has 11 atom stereocenters. The summed E-state index contributed by atoms with van der Waals surface area (Å²) < 4.78 is 5.32. The van der Waals surface area contributed by atoms with E-state index >= 15 is 0 Å². The Balaban J connectivity index is 1.62. The van der Waals surface area contributed by atoms with Gasteiger partial charge in [-0.05, 0) is 110 Å². The van der Waals surface area contributed by atoms with Gasteiger partial charge in [0.15, 0.2) is 0 Å². The van der Waals surface area contributed by atoms with Gasteiger partial charge in [0, 0.05) is 0 Å². The number of hydrogen-bond acceptors (Lipinski definition) is 4. The van der Waals surface area contributed by atoms with Crippen LogP contribution in [0, 0.1) is 62.6 Å². The molecule has 36 heavy (non-hydrogen) atoms. The maximum atomic E-state index is 13.2. The number of aliphatic hydroxyl groups is 1. The second-order valence-electron chi connectivity index (χ2n) is 14.8. The van der Waals surface area contributed by atoms with Crippen LogP contribution in [0.4, 0.5) is 0 Å². The molecule has 0 unspecified atom stereocenters. The highest BCUT2D eigenvalue weighted by Crippen LogP contribution is 2.79. The first-order valence-electron chi connectivity index (χ1n) is 14.3. The van der Waals surface area contributed by atoms with E-state index in [4.69, 9.17) is 4.74 Å². The molecule has 0 aromatic carbocycles. The molecule has 5 heteroatoms. The van der Waals surface area contributed by atoms with Crippen LogP contribution in [-0.4, -0.2) is 35.4 Å². The van der Waals surface area contributed by atoms with Gasteiger partial charge in [-0.25, -0.2) is 0 Å². The summed E-state index contributed by atoms with van der Waals surface area (Å²) in [7, 11) is 1.45.